The van der Waals surface area contributed by atoms with Crippen LogP contribution in [0.3, 0.4) is 0 Å². The average Bonchev–Trinajstić information content (AvgIpc) is 3.16. The third-order valence-corrected chi connectivity index (χ3v) is 6.47. The van der Waals surface area contributed by atoms with Crippen molar-refractivity contribution in [3.63, 3.8) is 0 Å². The summed E-state index contributed by atoms with van der Waals surface area (Å²) >= 11 is 6.26. The number of methoxy groups -OCH3 is 3. The highest BCUT2D eigenvalue weighted by Crippen LogP contribution is 2.41. The van der Waals surface area contributed by atoms with Crippen LogP contribution in [0.1, 0.15) is 22.7 Å². The van der Waals surface area contributed by atoms with Gasteiger partial charge in [0.15, 0.2) is 0 Å². The van der Waals surface area contributed by atoms with E-state index in [0.29, 0.717) is 29.0 Å². The lowest BCUT2D eigenvalue weighted by Crippen LogP contribution is -2.31. The number of halogens is 1. The molecular formula is C28H26ClNO6. The van der Waals surface area contributed by atoms with Gasteiger partial charge >= 0.3 is 0 Å². The van der Waals surface area contributed by atoms with Crippen LogP contribution >= 0.6 is 11.6 Å². The van der Waals surface area contributed by atoms with E-state index in [2.05, 4.69) is 0 Å². The van der Waals surface area contributed by atoms with Crippen molar-refractivity contribution in [3.05, 3.63) is 94.0 Å². The summed E-state index contributed by atoms with van der Waals surface area (Å²) in [4.78, 5) is 28.0. The first kappa shape index (κ1) is 25.1. The van der Waals surface area contributed by atoms with Gasteiger partial charge in [0.25, 0.3) is 11.7 Å². The van der Waals surface area contributed by atoms with E-state index in [-0.39, 0.29) is 22.9 Å². The Morgan fingerprint density at radius 3 is 2.28 bits per heavy atom. The highest BCUT2D eigenvalue weighted by atomic mass is 35.5. The number of hydrogen-bond acceptors (Lipinski definition) is 6. The van der Waals surface area contributed by atoms with Gasteiger partial charge in [-0.25, -0.2) is 0 Å². The summed E-state index contributed by atoms with van der Waals surface area (Å²) in [5.74, 6) is -0.0240. The maximum Gasteiger partial charge on any atom is 0.295 e. The van der Waals surface area contributed by atoms with E-state index in [0.717, 1.165) is 11.3 Å². The highest BCUT2D eigenvalue weighted by molar-refractivity contribution is 6.46. The Labute approximate surface area is 214 Å². The zero-order valence-corrected chi connectivity index (χ0v) is 20.9. The number of amides is 1. The molecule has 36 heavy (non-hydrogen) atoms. The molecule has 1 saturated heterocycles. The first-order valence-electron chi connectivity index (χ1n) is 11.3. The van der Waals surface area contributed by atoms with Gasteiger partial charge in [0, 0.05) is 12.1 Å². The number of nitrogens with zero attached hydrogens (tertiary/aromatic N) is 1. The molecule has 4 rings (SSSR count). The molecule has 1 aliphatic heterocycles. The fourth-order valence-corrected chi connectivity index (χ4v) is 4.54. The number of rotatable bonds is 8. The topological polar surface area (TPSA) is 85.3 Å². The maximum absolute atomic E-state index is 13.3. The lowest BCUT2D eigenvalue weighted by molar-refractivity contribution is -0.139. The van der Waals surface area contributed by atoms with Crippen molar-refractivity contribution in [2.24, 2.45) is 0 Å². The van der Waals surface area contributed by atoms with Crippen LogP contribution in [0.25, 0.3) is 5.76 Å². The summed E-state index contributed by atoms with van der Waals surface area (Å²) in [6.45, 7) is 0.263. The van der Waals surface area contributed by atoms with E-state index >= 15 is 0 Å². The number of hydrogen-bond donors (Lipinski definition) is 1. The molecule has 3 aromatic rings. The Morgan fingerprint density at radius 1 is 0.917 bits per heavy atom. The van der Waals surface area contributed by atoms with Crippen molar-refractivity contribution in [1.82, 2.24) is 4.90 Å². The van der Waals surface area contributed by atoms with E-state index in [4.69, 9.17) is 25.8 Å². The number of ether oxygens (including phenoxy) is 3. The van der Waals surface area contributed by atoms with Crippen molar-refractivity contribution < 1.29 is 28.9 Å². The summed E-state index contributed by atoms with van der Waals surface area (Å²) < 4.78 is 15.8. The molecule has 1 unspecified atom stereocenters. The molecule has 0 aromatic heterocycles. The smallest absolute Gasteiger partial charge is 0.295 e. The van der Waals surface area contributed by atoms with Gasteiger partial charge in [0.05, 0.1) is 38.0 Å². The maximum atomic E-state index is 13.3. The van der Waals surface area contributed by atoms with E-state index in [1.54, 1.807) is 50.6 Å². The van der Waals surface area contributed by atoms with Gasteiger partial charge in [-0.3, -0.25) is 9.59 Å². The molecule has 0 saturated carbocycles. The fraction of sp³-hybridized carbons (Fsp3) is 0.214. The van der Waals surface area contributed by atoms with Gasteiger partial charge in [-0.2, -0.15) is 0 Å². The van der Waals surface area contributed by atoms with E-state index in [1.807, 2.05) is 24.3 Å². The monoisotopic (exact) mass is 507 g/mol. The minimum absolute atomic E-state index is 0.00998. The molecule has 7 nitrogen and oxygen atoms in total. The Morgan fingerprint density at radius 2 is 1.64 bits per heavy atom. The van der Waals surface area contributed by atoms with Crippen LogP contribution in [0.15, 0.2) is 72.3 Å². The van der Waals surface area contributed by atoms with Crippen LogP contribution in [-0.2, 0) is 16.0 Å². The largest absolute Gasteiger partial charge is 0.507 e. The molecule has 0 bridgehead atoms. The minimum atomic E-state index is -0.806. The van der Waals surface area contributed by atoms with Gasteiger partial charge in [-0.1, -0.05) is 35.9 Å². The molecule has 1 fully saturated rings. The number of likely N-dealkylation sites (tertiary alicyclic amines) is 1. The molecule has 8 heteroatoms. The van der Waals surface area contributed by atoms with Gasteiger partial charge in [0.2, 0.25) is 0 Å². The van der Waals surface area contributed by atoms with Crippen molar-refractivity contribution in [1.29, 1.82) is 0 Å². The fourth-order valence-electron chi connectivity index (χ4n) is 4.28. The molecular weight excluding hydrogens is 482 g/mol. The van der Waals surface area contributed by atoms with Gasteiger partial charge in [-0.15, -0.1) is 0 Å². The van der Waals surface area contributed by atoms with E-state index in [1.165, 1.54) is 18.1 Å². The summed E-state index contributed by atoms with van der Waals surface area (Å²) in [7, 11) is 4.62. The van der Waals surface area contributed by atoms with Crippen LogP contribution in [-0.4, -0.2) is 49.6 Å². The van der Waals surface area contributed by atoms with Gasteiger partial charge in [-0.05, 0) is 60.0 Å². The van der Waals surface area contributed by atoms with Crippen molar-refractivity contribution in [2.75, 3.05) is 27.9 Å². The lowest BCUT2D eigenvalue weighted by Gasteiger charge is -2.25. The first-order chi connectivity index (χ1) is 17.4. The average molecular weight is 508 g/mol. The number of benzene rings is 3. The Balaban J connectivity index is 1.77. The number of ketones is 1. The SMILES string of the molecule is COc1ccc(CCN2C(=O)C(=O)/C(=C(\O)c3ccc(OC)c(Cl)c3)C2c2cccc(OC)c2)cc1. The summed E-state index contributed by atoms with van der Waals surface area (Å²) in [6.07, 6.45) is 0.506. The third-order valence-electron chi connectivity index (χ3n) is 6.18. The summed E-state index contributed by atoms with van der Waals surface area (Å²) in [5.41, 5.74) is 1.92. The highest BCUT2D eigenvalue weighted by Gasteiger charge is 2.46. The molecule has 1 atom stereocenters. The molecule has 3 aromatic carbocycles. The molecule has 0 aliphatic carbocycles. The molecule has 0 spiro atoms. The van der Waals surface area contributed by atoms with Crippen LogP contribution < -0.4 is 14.2 Å². The van der Waals surface area contributed by atoms with Crippen LogP contribution in [0.4, 0.5) is 0 Å². The van der Waals surface area contributed by atoms with Crippen molar-refractivity contribution in [2.45, 2.75) is 12.5 Å². The Bertz CT molecular complexity index is 1320. The Kier molecular flexibility index (Phi) is 7.50. The van der Waals surface area contributed by atoms with Gasteiger partial charge < -0.3 is 24.2 Å². The second-order valence-electron chi connectivity index (χ2n) is 8.22. The number of aliphatic hydroxyl groups excluding tert-OH is 1. The number of Topliss-reactive ketones (excluding diaryl/α,β-unsaturated/α-hetero) is 1. The minimum Gasteiger partial charge on any atom is -0.507 e. The number of aliphatic hydroxyl groups is 1. The lowest BCUT2D eigenvalue weighted by atomic mass is 9.95. The second-order valence-corrected chi connectivity index (χ2v) is 8.62. The summed E-state index contributed by atoms with van der Waals surface area (Å²) in [6, 6.07) is 18.5. The predicted molar refractivity (Wildman–Crippen MR) is 137 cm³/mol. The standard InChI is InChI=1S/C28H26ClNO6/c1-34-20-10-7-17(8-11-20)13-14-30-25(18-5-4-6-21(15-18)35-2)24(27(32)28(30)33)26(31)19-9-12-23(36-3)22(29)16-19/h4-12,15-16,25,31H,13-14H2,1-3H3/b26-24-. The van der Waals surface area contributed by atoms with E-state index in [9.17, 15) is 14.7 Å². The van der Waals surface area contributed by atoms with Crippen LogP contribution in [0.5, 0.6) is 17.2 Å². The zero-order chi connectivity index (χ0) is 25.8. The number of carbonyl (C=O) groups is 2. The molecule has 1 heterocycles. The quantitative estimate of drug-likeness (QED) is 0.261. The van der Waals surface area contributed by atoms with Crippen molar-refractivity contribution in [3.8, 4) is 17.2 Å². The zero-order valence-electron chi connectivity index (χ0n) is 20.2. The predicted octanol–water partition coefficient (Wildman–Crippen LogP) is 5.03. The number of carbonyl (C=O) groups excluding carboxylic acids is 2. The third kappa shape index (κ3) is 4.88. The Hall–Kier alpha value is -3.97. The second kappa shape index (κ2) is 10.7. The molecule has 1 aliphatic rings. The molecule has 1 N–H and O–H groups in total. The first-order valence-corrected chi connectivity index (χ1v) is 11.6. The van der Waals surface area contributed by atoms with Crippen LogP contribution in [0, 0.1) is 0 Å². The van der Waals surface area contributed by atoms with Crippen molar-refractivity contribution >= 4 is 29.1 Å². The molecule has 1 amide bonds. The van der Waals surface area contributed by atoms with Gasteiger partial charge in [0.1, 0.15) is 23.0 Å². The summed E-state index contributed by atoms with van der Waals surface area (Å²) in [5, 5.41) is 11.5. The molecule has 0 radical (unpaired) electrons. The van der Waals surface area contributed by atoms with E-state index < -0.39 is 17.7 Å². The normalized spacial score (nSPS) is 16.8. The molecule has 186 valence electrons. The van der Waals surface area contributed by atoms with Crippen LogP contribution in [0.2, 0.25) is 5.02 Å².